The van der Waals surface area contributed by atoms with Gasteiger partial charge in [-0.05, 0) is 84.0 Å². The van der Waals surface area contributed by atoms with Crippen LogP contribution in [0.3, 0.4) is 0 Å². The predicted molar refractivity (Wildman–Crippen MR) is 243 cm³/mol. The van der Waals surface area contributed by atoms with Gasteiger partial charge in [0.25, 0.3) is 5.91 Å². The van der Waals surface area contributed by atoms with Crippen molar-refractivity contribution in [3.05, 3.63) is 102 Å². The Kier molecular flexibility index (Phi) is 11.9. The molecular weight excluding hydrogens is 829 g/mol. The third-order valence-electron chi connectivity index (χ3n) is 13.1. The van der Waals surface area contributed by atoms with Crippen molar-refractivity contribution < 1.29 is 38.1 Å². The Hall–Kier alpha value is -6.94. The minimum atomic E-state index is -0.948. The molecule has 4 N–H and O–H groups in total. The Balaban J connectivity index is 0.974. The van der Waals surface area contributed by atoms with Gasteiger partial charge in [0.05, 0.1) is 55.8 Å². The molecule has 338 valence electrons. The number of methoxy groups -OCH3 is 3. The van der Waals surface area contributed by atoms with Gasteiger partial charge in [0, 0.05) is 36.6 Å². The van der Waals surface area contributed by atoms with Crippen LogP contribution < -0.4 is 15.4 Å². The van der Waals surface area contributed by atoms with Crippen LogP contribution in [0.2, 0.25) is 0 Å². The SMILES string of the molecule is COC[C@H]1CC(c2ncc(-c3ccc4c(c3)COc3cc5c(ccc6[nH]c(C7CC[C@H](C)N7C(=O)C(NC(=O)OC)C(C)C)nc65)cc3-4)[nH]2)N(C(=O)C(NC(=O)OC)c2ccccc2)C1. The number of hydrogen-bond acceptors (Lipinski definition) is 10. The topological polar surface area (TPSA) is 193 Å². The first-order chi connectivity index (χ1) is 31.5. The summed E-state index contributed by atoms with van der Waals surface area (Å²) in [6, 6.07) is 21.3. The molecule has 4 unspecified atom stereocenters. The van der Waals surface area contributed by atoms with E-state index in [2.05, 4.69) is 57.0 Å². The lowest BCUT2D eigenvalue weighted by Crippen LogP contribution is -2.52. The van der Waals surface area contributed by atoms with Crippen LogP contribution in [0, 0.1) is 11.8 Å². The Bertz CT molecular complexity index is 2770. The molecule has 0 bridgehead atoms. The van der Waals surface area contributed by atoms with Crippen LogP contribution in [0.25, 0.3) is 44.2 Å². The molecule has 2 fully saturated rings. The van der Waals surface area contributed by atoms with E-state index in [9.17, 15) is 19.2 Å². The summed E-state index contributed by atoms with van der Waals surface area (Å²) in [7, 11) is 4.22. The number of amides is 4. The van der Waals surface area contributed by atoms with E-state index in [1.54, 1.807) is 18.2 Å². The number of aromatic nitrogens is 4. The summed E-state index contributed by atoms with van der Waals surface area (Å²) in [5.74, 6) is 1.61. The van der Waals surface area contributed by atoms with Crippen molar-refractivity contribution in [1.82, 2.24) is 40.4 Å². The zero-order valence-corrected chi connectivity index (χ0v) is 37.3. The number of ether oxygens (including phenoxy) is 4. The van der Waals surface area contributed by atoms with Gasteiger partial charge in [0.1, 0.15) is 36.1 Å². The molecular formula is C49H54N8O8. The van der Waals surface area contributed by atoms with Gasteiger partial charge in [-0.25, -0.2) is 19.6 Å². The van der Waals surface area contributed by atoms with Crippen LogP contribution >= 0.6 is 0 Å². The van der Waals surface area contributed by atoms with E-state index in [4.69, 9.17) is 28.9 Å². The van der Waals surface area contributed by atoms with Crippen molar-refractivity contribution in [2.75, 3.05) is 34.5 Å². The second kappa shape index (κ2) is 17.9. The third-order valence-corrected chi connectivity index (χ3v) is 13.1. The number of nitrogens with zero attached hydrogens (tertiary/aromatic N) is 4. The highest BCUT2D eigenvalue weighted by Gasteiger charge is 2.43. The normalized spacial score (nSPS) is 20.0. The highest BCUT2D eigenvalue weighted by molar-refractivity contribution is 6.07. The van der Waals surface area contributed by atoms with Crippen LogP contribution in [0.1, 0.15) is 80.9 Å². The van der Waals surface area contributed by atoms with Crippen LogP contribution in [0.5, 0.6) is 5.75 Å². The molecule has 6 atom stereocenters. The molecule has 4 aromatic carbocycles. The molecule has 3 aliphatic heterocycles. The maximum absolute atomic E-state index is 14.3. The number of carbonyl (C=O) groups is 4. The van der Waals surface area contributed by atoms with Crippen molar-refractivity contribution in [2.45, 2.75) is 76.8 Å². The number of benzene rings is 4. The molecule has 65 heavy (non-hydrogen) atoms. The molecule has 0 radical (unpaired) electrons. The number of hydrogen-bond donors (Lipinski definition) is 4. The number of nitrogens with one attached hydrogen (secondary N) is 4. The van der Waals surface area contributed by atoms with Gasteiger partial charge in [-0.15, -0.1) is 0 Å². The highest BCUT2D eigenvalue weighted by atomic mass is 16.5. The number of aromatic amines is 2. The number of H-pyrrole nitrogens is 2. The van der Waals surface area contributed by atoms with Gasteiger partial charge in [-0.1, -0.05) is 62.4 Å². The van der Waals surface area contributed by atoms with Crippen molar-refractivity contribution in [1.29, 1.82) is 0 Å². The molecule has 0 saturated carbocycles. The van der Waals surface area contributed by atoms with Crippen LogP contribution in [0.4, 0.5) is 9.59 Å². The summed E-state index contributed by atoms with van der Waals surface area (Å²) in [4.78, 5) is 73.5. The zero-order valence-electron chi connectivity index (χ0n) is 37.3. The average Bonchev–Trinajstić information content (AvgIpc) is 4.15. The van der Waals surface area contributed by atoms with Crippen LogP contribution in [0.15, 0.2) is 79.0 Å². The third kappa shape index (κ3) is 8.22. The summed E-state index contributed by atoms with van der Waals surface area (Å²) < 4.78 is 21.7. The second-order valence-corrected chi connectivity index (χ2v) is 17.6. The summed E-state index contributed by atoms with van der Waals surface area (Å²) in [6.45, 7) is 7.11. The number of fused-ring (bicyclic) bond motifs is 6. The fourth-order valence-electron chi connectivity index (χ4n) is 9.83. The minimum absolute atomic E-state index is 0.0342. The number of carbonyl (C=O) groups excluding carboxylic acids is 4. The number of alkyl carbamates (subject to hydrolysis) is 2. The van der Waals surface area contributed by atoms with Gasteiger partial charge >= 0.3 is 12.2 Å². The quantitative estimate of drug-likeness (QED) is 0.100. The Morgan fingerprint density at radius 1 is 0.862 bits per heavy atom. The first kappa shape index (κ1) is 43.3. The molecule has 0 spiro atoms. The van der Waals surface area contributed by atoms with Crippen molar-refractivity contribution >= 4 is 45.8 Å². The van der Waals surface area contributed by atoms with Crippen LogP contribution in [-0.4, -0.2) is 100 Å². The van der Waals surface area contributed by atoms with Crippen LogP contribution in [-0.2, 0) is 30.4 Å². The molecule has 16 nitrogen and oxygen atoms in total. The highest BCUT2D eigenvalue weighted by Crippen LogP contribution is 2.44. The lowest BCUT2D eigenvalue weighted by molar-refractivity contribution is -0.137. The summed E-state index contributed by atoms with van der Waals surface area (Å²) in [5, 5.41) is 7.42. The predicted octanol–water partition coefficient (Wildman–Crippen LogP) is 7.73. The van der Waals surface area contributed by atoms with E-state index in [1.165, 1.54) is 14.2 Å². The molecule has 4 amide bonds. The lowest BCUT2D eigenvalue weighted by Gasteiger charge is -2.32. The van der Waals surface area contributed by atoms with E-state index < -0.39 is 24.3 Å². The number of likely N-dealkylation sites (tertiary alicyclic amines) is 2. The standard InChI is InChI=1S/C49H54N8O8/c1-26(2)41(54-48(60)63-5)47(59)57-27(3)12-17-38(57)45-51-36-16-14-30-20-35-33-15-13-31(19-32(33)25-65-40(35)21-34(30)43(36)53-45)37-22-50-44(52-37)39-18-28(24-62-4)23-56(39)46(58)42(55-49(61)64-6)29-10-8-7-9-11-29/h7-11,13-16,19-22,26-28,38-39,41-42H,12,17-18,23-25H2,1-6H3,(H,50,52)(H,51,53)(H,54,60)(H,55,61)/t27-,28-,38?,39?,41?,42?/m0/s1. The summed E-state index contributed by atoms with van der Waals surface area (Å²) in [6.07, 6.45) is 2.64. The van der Waals surface area contributed by atoms with Gasteiger partial charge < -0.3 is 49.3 Å². The Labute approximate surface area is 376 Å². The maximum atomic E-state index is 14.3. The van der Waals surface area contributed by atoms with E-state index in [-0.39, 0.29) is 41.8 Å². The smallest absolute Gasteiger partial charge is 0.407 e. The molecule has 3 aliphatic rings. The molecule has 9 rings (SSSR count). The van der Waals surface area contributed by atoms with Crippen molar-refractivity contribution in [2.24, 2.45) is 11.8 Å². The van der Waals surface area contributed by atoms with Crippen molar-refractivity contribution in [3.8, 4) is 28.1 Å². The number of rotatable bonds is 11. The van der Waals surface area contributed by atoms with E-state index in [0.29, 0.717) is 43.4 Å². The van der Waals surface area contributed by atoms with E-state index in [0.717, 1.165) is 68.3 Å². The monoisotopic (exact) mass is 882 g/mol. The van der Waals surface area contributed by atoms with Crippen molar-refractivity contribution in [3.63, 3.8) is 0 Å². The molecule has 0 aliphatic carbocycles. The Morgan fingerprint density at radius 2 is 1.65 bits per heavy atom. The first-order valence-corrected chi connectivity index (χ1v) is 22.1. The maximum Gasteiger partial charge on any atom is 0.407 e. The van der Waals surface area contributed by atoms with Gasteiger partial charge in [-0.2, -0.15) is 0 Å². The van der Waals surface area contributed by atoms with Gasteiger partial charge in [0.15, 0.2) is 0 Å². The minimum Gasteiger partial charge on any atom is -0.488 e. The fraction of sp³-hybridized carbons (Fsp3) is 0.388. The molecule has 5 heterocycles. The van der Waals surface area contributed by atoms with E-state index in [1.807, 2.05) is 62.1 Å². The Morgan fingerprint density at radius 3 is 2.40 bits per heavy atom. The fourth-order valence-corrected chi connectivity index (χ4v) is 9.83. The molecule has 2 aromatic heterocycles. The largest absolute Gasteiger partial charge is 0.488 e. The second-order valence-electron chi connectivity index (χ2n) is 17.6. The molecule has 6 aromatic rings. The molecule has 2 saturated heterocycles. The summed E-state index contributed by atoms with van der Waals surface area (Å²) in [5.41, 5.74) is 7.09. The lowest BCUT2D eigenvalue weighted by atomic mass is 9.92. The summed E-state index contributed by atoms with van der Waals surface area (Å²) >= 11 is 0. The number of imidazole rings is 2. The average molecular weight is 883 g/mol. The van der Waals surface area contributed by atoms with E-state index >= 15 is 0 Å². The van der Waals surface area contributed by atoms with Gasteiger partial charge in [0.2, 0.25) is 5.91 Å². The first-order valence-electron chi connectivity index (χ1n) is 22.1. The molecule has 16 heteroatoms. The van der Waals surface area contributed by atoms with Gasteiger partial charge in [-0.3, -0.25) is 9.59 Å². The zero-order chi connectivity index (χ0) is 45.5.